The van der Waals surface area contributed by atoms with Gasteiger partial charge >= 0.3 is 6.18 Å². The molecule has 1 atom stereocenters. The van der Waals surface area contributed by atoms with Crippen molar-refractivity contribution in [3.63, 3.8) is 0 Å². The highest BCUT2D eigenvalue weighted by Gasteiger charge is 2.31. The Morgan fingerprint density at radius 2 is 1.68 bits per heavy atom. The van der Waals surface area contributed by atoms with Crippen molar-refractivity contribution in [2.75, 3.05) is 14.2 Å². The Labute approximate surface area is 205 Å². The molecule has 0 aliphatic heterocycles. The zero-order chi connectivity index (χ0) is 27.1. The molecule has 0 saturated carbocycles. The van der Waals surface area contributed by atoms with E-state index in [0.717, 1.165) is 16.8 Å². The Morgan fingerprint density at radius 3 is 2.24 bits per heavy atom. The highest BCUT2D eigenvalue weighted by atomic mass is 19.4. The minimum absolute atomic E-state index is 0.0658. The molecule has 2 aromatic heterocycles. The van der Waals surface area contributed by atoms with Crippen LogP contribution < -0.4 is 15.0 Å². The molecule has 37 heavy (non-hydrogen) atoms. The third-order valence-corrected chi connectivity index (χ3v) is 5.74. The average molecular weight is 522 g/mol. The summed E-state index contributed by atoms with van der Waals surface area (Å²) in [4.78, 5) is 32.3. The first-order chi connectivity index (χ1) is 17.5. The summed E-state index contributed by atoms with van der Waals surface area (Å²) in [5.41, 5.74) is -2.75. The van der Waals surface area contributed by atoms with E-state index in [1.165, 1.54) is 51.5 Å². The van der Waals surface area contributed by atoms with Gasteiger partial charge in [0.2, 0.25) is 5.78 Å². The normalized spacial score (nSPS) is 12.7. The van der Waals surface area contributed by atoms with Crippen LogP contribution >= 0.6 is 0 Å². The van der Waals surface area contributed by atoms with Crippen molar-refractivity contribution in [3.05, 3.63) is 81.0 Å². The number of alkyl halides is 5. The lowest BCUT2D eigenvalue weighted by Crippen LogP contribution is -2.18. The highest BCUT2D eigenvalue weighted by Crippen LogP contribution is 2.32. The van der Waals surface area contributed by atoms with Crippen LogP contribution in [0.5, 0.6) is 11.5 Å². The number of carbonyl (C=O) groups excluding carboxylic acids is 1. The van der Waals surface area contributed by atoms with Gasteiger partial charge in [0, 0.05) is 5.56 Å². The zero-order valence-corrected chi connectivity index (χ0v) is 19.6. The molecule has 0 radical (unpaired) electrons. The molecule has 0 aliphatic carbocycles. The lowest BCUT2D eigenvalue weighted by molar-refractivity contribution is -0.137. The minimum atomic E-state index is -4.56. The third kappa shape index (κ3) is 4.76. The number of hydrogen-bond acceptors (Lipinski definition) is 6. The molecular weight excluding hydrogens is 503 g/mol. The standard InChI is InChI=1S/C24H19F5N4O4/c1-11(12-4-7-14(8-5-12)24(27,28)29)33-22-17(18(32-33)20(25)26)23(35)31-21(30-22)19(34)13-6-9-15(36-2)16(10-13)37-3/h4-11,20H,1-3H3,(H,30,31,35). The Balaban J connectivity index is 1.84. The summed E-state index contributed by atoms with van der Waals surface area (Å²) >= 11 is 0. The topological polar surface area (TPSA) is 99.1 Å². The quantitative estimate of drug-likeness (QED) is 0.273. The summed E-state index contributed by atoms with van der Waals surface area (Å²) in [5.74, 6) is -0.613. The first-order valence-corrected chi connectivity index (χ1v) is 10.7. The van der Waals surface area contributed by atoms with Crippen LogP contribution in [0.1, 0.15) is 52.4 Å². The number of aromatic nitrogens is 4. The molecule has 0 aliphatic rings. The van der Waals surface area contributed by atoms with Gasteiger partial charge in [-0.05, 0) is 42.8 Å². The number of rotatable bonds is 7. The van der Waals surface area contributed by atoms with E-state index in [1.54, 1.807) is 0 Å². The molecule has 0 spiro atoms. The molecule has 8 nitrogen and oxygen atoms in total. The molecule has 0 saturated heterocycles. The Hall–Kier alpha value is -4.29. The number of carbonyl (C=O) groups is 1. The van der Waals surface area contributed by atoms with E-state index in [4.69, 9.17) is 9.47 Å². The maximum atomic E-state index is 13.7. The average Bonchev–Trinajstić information content (AvgIpc) is 3.27. The lowest BCUT2D eigenvalue weighted by Gasteiger charge is -2.15. The van der Waals surface area contributed by atoms with Crippen LogP contribution in [-0.2, 0) is 6.18 Å². The molecule has 2 aromatic carbocycles. The number of fused-ring (bicyclic) bond motifs is 1. The van der Waals surface area contributed by atoms with E-state index in [-0.39, 0.29) is 22.5 Å². The number of benzene rings is 2. The first kappa shape index (κ1) is 25.8. The fourth-order valence-corrected chi connectivity index (χ4v) is 3.81. The van der Waals surface area contributed by atoms with Crippen molar-refractivity contribution in [1.82, 2.24) is 19.7 Å². The van der Waals surface area contributed by atoms with E-state index in [0.29, 0.717) is 5.75 Å². The number of ether oxygens (including phenoxy) is 2. The summed E-state index contributed by atoms with van der Waals surface area (Å²) in [6.45, 7) is 1.49. The predicted molar refractivity (Wildman–Crippen MR) is 121 cm³/mol. The van der Waals surface area contributed by atoms with E-state index in [2.05, 4.69) is 15.1 Å². The van der Waals surface area contributed by atoms with Crippen LogP contribution in [-0.4, -0.2) is 39.8 Å². The van der Waals surface area contributed by atoms with Gasteiger partial charge < -0.3 is 14.5 Å². The fourth-order valence-electron chi connectivity index (χ4n) is 3.81. The summed E-state index contributed by atoms with van der Waals surface area (Å²) in [7, 11) is 2.78. The second kappa shape index (κ2) is 9.64. The van der Waals surface area contributed by atoms with Crippen molar-refractivity contribution in [3.8, 4) is 11.5 Å². The van der Waals surface area contributed by atoms with Gasteiger partial charge in [0.25, 0.3) is 12.0 Å². The van der Waals surface area contributed by atoms with Gasteiger partial charge in [-0.3, -0.25) is 9.59 Å². The van der Waals surface area contributed by atoms with Crippen LogP contribution in [0.25, 0.3) is 11.0 Å². The number of aromatic amines is 1. The number of H-pyrrole nitrogens is 1. The van der Waals surface area contributed by atoms with E-state index in [1.807, 2.05) is 0 Å². The largest absolute Gasteiger partial charge is 0.493 e. The van der Waals surface area contributed by atoms with Crippen molar-refractivity contribution >= 4 is 16.8 Å². The van der Waals surface area contributed by atoms with Crippen molar-refractivity contribution < 1.29 is 36.2 Å². The van der Waals surface area contributed by atoms with E-state index < -0.39 is 52.5 Å². The molecular formula is C24H19F5N4O4. The number of halogens is 5. The zero-order valence-electron chi connectivity index (χ0n) is 19.6. The van der Waals surface area contributed by atoms with Crippen LogP contribution in [0.3, 0.4) is 0 Å². The second-order valence-corrected chi connectivity index (χ2v) is 7.94. The molecule has 2 heterocycles. The Kier molecular flexibility index (Phi) is 6.72. The fraction of sp³-hybridized carbons (Fsp3) is 0.250. The van der Waals surface area contributed by atoms with Gasteiger partial charge in [0.15, 0.2) is 23.0 Å². The lowest BCUT2D eigenvalue weighted by atomic mass is 10.1. The highest BCUT2D eigenvalue weighted by molar-refractivity contribution is 6.07. The smallest absolute Gasteiger partial charge is 0.416 e. The molecule has 1 unspecified atom stereocenters. The minimum Gasteiger partial charge on any atom is -0.493 e. The van der Waals surface area contributed by atoms with E-state index >= 15 is 0 Å². The number of nitrogens with one attached hydrogen (secondary N) is 1. The van der Waals surface area contributed by atoms with Gasteiger partial charge in [0.05, 0.1) is 25.8 Å². The summed E-state index contributed by atoms with van der Waals surface area (Å²) in [5, 5.41) is 3.30. The second-order valence-electron chi connectivity index (χ2n) is 7.94. The van der Waals surface area contributed by atoms with Crippen molar-refractivity contribution in [2.45, 2.75) is 25.6 Å². The van der Waals surface area contributed by atoms with Gasteiger partial charge in [-0.25, -0.2) is 18.4 Å². The number of methoxy groups -OCH3 is 2. The van der Waals surface area contributed by atoms with Gasteiger partial charge in [-0.1, -0.05) is 12.1 Å². The Morgan fingerprint density at radius 1 is 1.03 bits per heavy atom. The predicted octanol–water partition coefficient (Wildman–Crippen LogP) is 4.93. The molecule has 1 N–H and O–H groups in total. The molecule has 0 bridgehead atoms. The Bertz CT molecular complexity index is 1530. The first-order valence-electron chi connectivity index (χ1n) is 10.7. The monoisotopic (exact) mass is 522 g/mol. The molecule has 13 heteroatoms. The third-order valence-electron chi connectivity index (χ3n) is 5.74. The molecule has 0 fully saturated rings. The maximum absolute atomic E-state index is 13.7. The van der Waals surface area contributed by atoms with Crippen molar-refractivity contribution in [1.29, 1.82) is 0 Å². The number of hydrogen-bond donors (Lipinski definition) is 1. The molecule has 194 valence electrons. The molecule has 4 aromatic rings. The number of ketones is 1. The van der Waals surface area contributed by atoms with Crippen LogP contribution in [0.4, 0.5) is 22.0 Å². The van der Waals surface area contributed by atoms with Crippen LogP contribution in [0, 0.1) is 0 Å². The van der Waals surface area contributed by atoms with Crippen LogP contribution in [0.15, 0.2) is 47.3 Å². The summed E-state index contributed by atoms with van der Waals surface area (Å²) in [6.07, 6.45) is -7.71. The van der Waals surface area contributed by atoms with Gasteiger partial charge in [-0.2, -0.15) is 18.3 Å². The SMILES string of the molecule is COc1ccc(C(=O)c2nc3c(c(C(F)F)nn3C(C)c3ccc(C(F)(F)F)cc3)c(=O)[nH]2)cc1OC. The van der Waals surface area contributed by atoms with Gasteiger partial charge in [0.1, 0.15) is 11.1 Å². The maximum Gasteiger partial charge on any atom is 0.416 e. The van der Waals surface area contributed by atoms with Gasteiger partial charge in [-0.15, -0.1) is 0 Å². The molecule has 4 rings (SSSR count). The number of nitrogens with zero attached hydrogens (tertiary/aromatic N) is 3. The van der Waals surface area contributed by atoms with Crippen LogP contribution in [0.2, 0.25) is 0 Å². The molecule has 0 amide bonds. The van der Waals surface area contributed by atoms with Crippen molar-refractivity contribution in [2.24, 2.45) is 0 Å². The summed E-state index contributed by atoms with van der Waals surface area (Å²) < 4.78 is 77.6. The summed E-state index contributed by atoms with van der Waals surface area (Å²) in [6, 6.07) is 7.36. The van der Waals surface area contributed by atoms with E-state index in [9.17, 15) is 31.5 Å².